The van der Waals surface area contributed by atoms with E-state index in [0.29, 0.717) is 0 Å². The molecule has 0 bridgehead atoms. The van der Waals surface area contributed by atoms with Crippen molar-refractivity contribution in [2.45, 2.75) is 6.92 Å². The molecular formula is C6H13ClO2Si. The number of hydrogen-bond acceptors (Lipinski definition) is 2. The highest BCUT2D eigenvalue weighted by Crippen LogP contribution is 1.70. The first kappa shape index (κ1) is 16.2. The van der Waals surface area contributed by atoms with Gasteiger partial charge in [0.25, 0.3) is 0 Å². The highest BCUT2D eigenvalue weighted by atomic mass is 35.5. The van der Waals surface area contributed by atoms with Gasteiger partial charge in [-0.2, -0.15) is 0 Å². The van der Waals surface area contributed by atoms with Gasteiger partial charge in [0.05, 0.1) is 6.26 Å². The molecule has 0 spiro atoms. The average molecular weight is 181 g/mol. The molecule has 0 aromatic carbocycles. The summed E-state index contributed by atoms with van der Waals surface area (Å²) in [6.45, 7) is 7.61. The summed E-state index contributed by atoms with van der Waals surface area (Å²) in [7, 11) is 0. The molecule has 0 atom stereocenters. The van der Waals surface area contributed by atoms with Crippen molar-refractivity contribution in [2.75, 3.05) is 0 Å². The molecule has 0 heterocycles. The fraction of sp³-hybridized carbons (Fsp3) is 0.167. The van der Waals surface area contributed by atoms with Gasteiger partial charge >= 0.3 is 5.97 Å². The van der Waals surface area contributed by atoms with E-state index in [0.717, 1.165) is 6.26 Å². The maximum atomic E-state index is 9.75. The van der Waals surface area contributed by atoms with Crippen molar-refractivity contribution < 1.29 is 9.53 Å². The van der Waals surface area contributed by atoms with E-state index < -0.39 is 0 Å². The van der Waals surface area contributed by atoms with Crippen molar-refractivity contribution in [1.29, 1.82) is 0 Å². The molecular weight excluding hydrogens is 168 g/mol. The summed E-state index contributed by atoms with van der Waals surface area (Å²) in [6.07, 6.45) is 1.10. The Bertz CT molecular complexity index is 104. The largest absolute Gasteiger partial charge is 0.435 e. The lowest BCUT2D eigenvalue weighted by atomic mass is 10.8. The summed E-state index contributed by atoms with van der Waals surface area (Å²) >= 11 is 4.76. The third-order valence-corrected chi connectivity index (χ3v) is 0.249. The van der Waals surface area contributed by atoms with Crippen LogP contribution in [0.15, 0.2) is 25.0 Å². The van der Waals surface area contributed by atoms with Gasteiger partial charge < -0.3 is 4.74 Å². The second-order valence-corrected chi connectivity index (χ2v) is 1.24. The molecule has 60 valence electrons. The van der Waals surface area contributed by atoms with E-state index >= 15 is 0 Å². The van der Waals surface area contributed by atoms with Gasteiger partial charge in [0.1, 0.15) is 0 Å². The van der Waals surface area contributed by atoms with Gasteiger partial charge in [-0.1, -0.05) is 24.8 Å². The molecule has 0 aromatic heterocycles. The van der Waals surface area contributed by atoms with Crippen LogP contribution in [0, 0.1) is 0 Å². The fourth-order valence-corrected chi connectivity index (χ4v) is 0.117. The zero-order chi connectivity index (χ0) is 7.70. The molecule has 4 heteroatoms. The Morgan fingerprint density at radius 1 is 1.60 bits per heavy atom. The van der Waals surface area contributed by atoms with E-state index in [9.17, 15) is 4.79 Å². The summed E-state index contributed by atoms with van der Waals surface area (Å²) in [5.74, 6) is -0.329. The quantitative estimate of drug-likeness (QED) is 0.336. The van der Waals surface area contributed by atoms with Crippen LogP contribution in [0.5, 0.6) is 0 Å². The van der Waals surface area contributed by atoms with Crippen molar-refractivity contribution in [3.8, 4) is 0 Å². The summed E-state index contributed by atoms with van der Waals surface area (Å²) < 4.78 is 4.17. The maximum absolute atomic E-state index is 9.75. The summed E-state index contributed by atoms with van der Waals surface area (Å²) in [5, 5.41) is 0. The van der Waals surface area contributed by atoms with Crippen LogP contribution in [-0.4, -0.2) is 16.9 Å². The minimum absolute atomic E-state index is 0. The zero-order valence-corrected chi connectivity index (χ0v) is 6.02. The summed E-state index contributed by atoms with van der Waals surface area (Å²) in [4.78, 5) is 9.75. The van der Waals surface area contributed by atoms with Gasteiger partial charge in [-0.15, -0.1) is 0 Å². The average Bonchev–Trinajstić information content (AvgIpc) is 1.67. The second-order valence-electron chi connectivity index (χ2n) is 0.930. The van der Waals surface area contributed by atoms with Gasteiger partial charge in [0.15, 0.2) is 0 Å². The Balaban J connectivity index is -0.000000107. The number of carbonyl (C=O) groups is 1. The van der Waals surface area contributed by atoms with Crippen molar-refractivity contribution in [1.82, 2.24) is 0 Å². The number of halogens is 1. The van der Waals surface area contributed by atoms with E-state index in [1.54, 1.807) is 0 Å². The van der Waals surface area contributed by atoms with Crippen molar-refractivity contribution in [2.24, 2.45) is 0 Å². The summed E-state index contributed by atoms with van der Waals surface area (Å²) in [5.41, 5.74) is 1.22. The molecule has 2 nitrogen and oxygen atoms in total. The monoisotopic (exact) mass is 180 g/mol. The van der Waals surface area contributed by atoms with Crippen LogP contribution in [0.4, 0.5) is 0 Å². The van der Waals surface area contributed by atoms with E-state index in [1.165, 1.54) is 12.5 Å². The van der Waals surface area contributed by atoms with Crippen LogP contribution in [-0.2, 0) is 9.53 Å². The molecule has 0 saturated heterocycles. The van der Waals surface area contributed by atoms with E-state index in [2.05, 4.69) is 17.9 Å². The van der Waals surface area contributed by atoms with E-state index in [1.807, 2.05) is 0 Å². The minimum atomic E-state index is -0.329. The van der Waals surface area contributed by atoms with Crippen molar-refractivity contribution in [3.05, 3.63) is 25.0 Å². The van der Waals surface area contributed by atoms with Crippen LogP contribution in [0.3, 0.4) is 0 Å². The number of carbonyl (C=O) groups excluding carboxylic acids is 1. The maximum Gasteiger partial charge on any atom is 0.307 e. The van der Waals surface area contributed by atoms with Gasteiger partial charge in [0, 0.05) is 6.92 Å². The lowest BCUT2D eigenvalue weighted by molar-refractivity contribution is -0.135. The lowest BCUT2D eigenvalue weighted by Gasteiger charge is -1.83. The molecule has 0 aliphatic carbocycles. The smallest absolute Gasteiger partial charge is 0.307 e. The van der Waals surface area contributed by atoms with E-state index in [4.69, 9.17) is 11.6 Å². The molecule has 0 saturated carbocycles. The topological polar surface area (TPSA) is 26.3 Å². The van der Waals surface area contributed by atoms with Crippen molar-refractivity contribution in [3.63, 3.8) is 0 Å². The highest BCUT2D eigenvalue weighted by molar-refractivity contribution is 6.25. The molecule has 0 N–H and O–H groups in total. The van der Waals surface area contributed by atoms with Gasteiger partial charge in [-0.3, -0.25) is 4.79 Å². The van der Waals surface area contributed by atoms with Crippen LogP contribution in [0.2, 0.25) is 0 Å². The molecule has 0 aliphatic heterocycles. The molecule has 0 unspecified atom stereocenters. The standard InChI is InChI=1S/C4H6O2.C2H3Cl.H4Si/c1-3-6-4(2)5;1-2-3;/h3H,1H2,2H3;2H,1H2;1H4. The lowest BCUT2D eigenvalue weighted by Crippen LogP contribution is -1.87. The Morgan fingerprint density at radius 2 is 1.90 bits per heavy atom. The predicted octanol–water partition coefficient (Wildman–Crippen LogP) is 0.610. The second kappa shape index (κ2) is 15.8. The predicted molar refractivity (Wildman–Crippen MR) is 49.3 cm³/mol. The van der Waals surface area contributed by atoms with Crippen LogP contribution < -0.4 is 0 Å². The van der Waals surface area contributed by atoms with Gasteiger partial charge in [-0.05, 0) is 16.5 Å². The summed E-state index contributed by atoms with van der Waals surface area (Å²) in [6, 6.07) is 0. The van der Waals surface area contributed by atoms with Gasteiger partial charge in [-0.25, -0.2) is 0 Å². The van der Waals surface area contributed by atoms with Crippen LogP contribution in [0.25, 0.3) is 0 Å². The fourth-order valence-electron chi connectivity index (χ4n) is 0.117. The van der Waals surface area contributed by atoms with Gasteiger partial charge in [0.2, 0.25) is 0 Å². The number of rotatable bonds is 1. The number of ether oxygens (including phenoxy) is 1. The molecule has 0 amide bonds. The molecule has 10 heavy (non-hydrogen) atoms. The SMILES string of the molecule is C=CCl.C=COC(C)=O.[SiH4]. The first-order valence-electron chi connectivity index (χ1n) is 2.18. The normalized spacial score (nSPS) is 5.40. The molecule has 0 aliphatic rings. The van der Waals surface area contributed by atoms with Crippen molar-refractivity contribution >= 4 is 28.5 Å². The Kier molecular flexibility index (Phi) is 25.6. The number of hydrogen-bond donors (Lipinski definition) is 0. The van der Waals surface area contributed by atoms with Crippen LogP contribution >= 0.6 is 11.6 Å². The molecule has 0 radical (unpaired) electrons. The Labute approximate surface area is 70.5 Å². The molecule has 0 aromatic rings. The minimum Gasteiger partial charge on any atom is -0.435 e. The Hall–Kier alpha value is -0.543. The zero-order valence-electron chi connectivity index (χ0n) is 5.26. The first-order chi connectivity index (χ1) is 4.18. The Morgan fingerprint density at radius 3 is 1.90 bits per heavy atom. The third-order valence-electron chi connectivity index (χ3n) is 0.249. The molecule has 0 fully saturated rings. The highest BCUT2D eigenvalue weighted by Gasteiger charge is 1.79. The first-order valence-corrected chi connectivity index (χ1v) is 2.62. The van der Waals surface area contributed by atoms with E-state index in [-0.39, 0.29) is 16.9 Å². The van der Waals surface area contributed by atoms with Crippen LogP contribution in [0.1, 0.15) is 6.92 Å². The molecule has 0 rings (SSSR count). The third kappa shape index (κ3) is 51.5. The number of esters is 1.